The van der Waals surface area contributed by atoms with Crippen molar-refractivity contribution >= 4 is 63.7 Å². The second kappa shape index (κ2) is 11.0. The van der Waals surface area contributed by atoms with Crippen LogP contribution < -0.4 is 16.0 Å². The second-order valence-corrected chi connectivity index (χ2v) is 9.62. The molecule has 0 bridgehead atoms. The Morgan fingerprint density at radius 2 is 1.31 bits per heavy atom. The van der Waals surface area contributed by atoms with Crippen molar-refractivity contribution in [2.75, 3.05) is 5.32 Å². The zero-order valence-electron chi connectivity index (χ0n) is 16.6. The zero-order valence-corrected chi connectivity index (χ0v) is 19.7. The molecule has 3 rings (SSSR count). The first-order valence-electron chi connectivity index (χ1n) is 9.54. The van der Waals surface area contributed by atoms with Gasteiger partial charge in [-0.1, -0.05) is 95.5 Å². The summed E-state index contributed by atoms with van der Waals surface area (Å²) in [6, 6.07) is 24.2. The van der Waals surface area contributed by atoms with Crippen LogP contribution in [0.15, 0.2) is 84.9 Å². The van der Waals surface area contributed by atoms with Crippen molar-refractivity contribution in [3.05, 3.63) is 102 Å². The molecule has 0 saturated heterocycles. The van der Waals surface area contributed by atoms with Gasteiger partial charge in [0.1, 0.15) is 12.0 Å². The van der Waals surface area contributed by atoms with Crippen molar-refractivity contribution in [2.45, 2.75) is 15.9 Å². The van der Waals surface area contributed by atoms with Crippen molar-refractivity contribution in [1.29, 1.82) is 0 Å². The summed E-state index contributed by atoms with van der Waals surface area (Å²) < 4.78 is 11.2. The molecule has 0 aliphatic rings. The number of nitrogens with one attached hydrogen (secondary N) is 3. The van der Waals surface area contributed by atoms with Crippen LogP contribution in [0.2, 0.25) is 0 Å². The fourth-order valence-electron chi connectivity index (χ4n) is 3.04. The molecule has 0 aliphatic carbocycles. The van der Waals surface area contributed by atoms with Crippen LogP contribution in [0.1, 0.15) is 17.0 Å². The average Bonchev–Trinajstić information content (AvgIpc) is 2.76. The number of rotatable bonds is 6. The number of halogens is 4. The molecule has 1 unspecified atom stereocenters. The number of carbonyl (C=O) groups is 1. The second-order valence-electron chi connectivity index (χ2n) is 6.84. The fourth-order valence-corrected chi connectivity index (χ4v) is 3.61. The number of hydrogen-bond acceptors (Lipinski definition) is 2. The molecular weight excluding hydrogens is 492 g/mol. The van der Waals surface area contributed by atoms with Crippen LogP contribution in [0.3, 0.4) is 0 Å². The van der Waals surface area contributed by atoms with Gasteiger partial charge >= 0.3 is 0 Å². The lowest BCUT2D eigenvalue weighted by Gasteiger charge is -2.29. The van der Waals surface area contributed by atoms with Gasteiger partial charge in [0, 0.05) is 5.69 Å². The van der Waals surface area contributed by atoms with E-state index in [0.717, 1.165) is 11.1 Å². The molecule has 32 heavy (non-hydrogen) atoms. The summed E-state index contributed by atoms with van der Waals surface area (Å²) in [4.78, 5) is 13.3. The van der Waals surface area contributed by atoms with Crippen LogP contribution in [0.4, 0.5) is 10.1 Å². The maximum absolute atomic E-state index is 13.3. The summed E-state index contributed by atoms with van der Waals surface area (Å²) in [7, 11) is 0. The summed E-state index contributed by atoms with van der Waals surface area (Å²) >= 11 is 23.6. The van der Waals surface area contributed by atoms with Crippen LogP contribution >= 0.6 is 47.0 Å². The van der Waals surface area contributed by atoms with E-state index in [-0.39, 0.29) is 16.8 Å². The van der Waals surface area contributed by atoms with Gasteiger partial charge in [0.15, 0.2) is 5.11 Å². The van der Waals surface area contributed by atoms with E-state index in [1.807, 2.05) is 60.7 Å². The third kappa shape index (κ3) is 6.81. The third-order valence-corrected chi connectivity index (χ3v) is 5.39. The third-order valence-electron chi connectivity index (χ3n) is 4.52. The van der Waals surface area contributed by atoms with E-state index in [1.165, 1.54) is 24.3 Å². The number of alkyl halides is 3. The first kappa shape index (κ1) is 24.3. The molecule has 3 aromatic carbocycles. The smallest absolute Gasteiger partial charge is 0.233 e. The van der Waals surface area contributed by atoms with Gasteiger partial charge in [0.05, 0.1) is 5.92 Å². The van der Waals surface area contributed by atoms with Crippen molar-refractivity contribution in [2.24, 2.45) is 0 Å². The SMILES string of the molecule is O=C(NC(NC(=S)Nc1ccc(F)cc1)C(Cl)(Cl)Cl)C(c1ccccc1)c1ccccc1. The molecular formula is C23H19Cl3FN3OS. The van der Waals surface area contributed by atoms with Crippen LogP contribution in [-0.4, -0.2) is 21.0 Å². The molecule has 1 amide bonds. The number of amides is 1. The van der Waals surface area contributed by atoms with E-state index in [1.54, 1.807) is 0 Å². The molecule has 0 fully saturated rings. The lowest BCUT2D eigenvalue weighted by molar-refractivity contribution is -0.122. The molecule has 0 saturated carbocycles. The number of anilines is 1. The van der Waals surface area contributed by atoms with E-state index in [4.69, 9.17) is 47.0 Å². The summed E-state index contributed by atoms with van der Waals surface area (Å²) in [5, 5.41) is 8.51. The van der Waals surface area contributed by atoms with Gasteiger partial charge in [-0.05, 0) is 47.6 Å². The zero-order chi connectivity index (χ0) is 23.1. The Morgan fingerprint density at radius 3 is 1.78 bits per heavy atom. The first-order valence-corrected chi connectivity index (χ1v) is 11.1. The van der Waals surface area contributed by atoms with Gasteiger partial charge in [0.2, 0.25) is 9.70 Å². The van der Waals surface area contributed by atoms with Crippen LogP contribution in [-0.2, 0) is 4.79 Å². The Hall–Kier alpha value is -2.38. The van der Waals surface area contributed by atoms with Gasteiger partial charge in [-0.15, -0.1) is 0 Å². The maximum atomic E-state index is 13.3. The highest BCUT2D eigenvalue weighted by Crippen LogP contribution is 2.31. The van der Waals surface area contributed by atoms with Crippen molar-refractivity contribution in [1.82, 2.24) is 10.6 Å². The first-order chi connectivity index (χ1) is 15.2. The molecule has 0 spiro atoms. The number of benzene rings is 3. The lowest BCUT2D eigenvalue weighted by atomic mass is 9.90. The molecule has 0 aromatic heterocycles. The fraction of sp³-hybridized carbons (Fsp3) is 0.130. The van der Waals surface area contributed by atoms with Gasteiger partial charge in [0.25, 0.3) is 0 Å². The maximum Gasteiger partial charge on any atom is 0.233 e. The predicted octanol–water partition coefficient (Wildman–Crippen LogP) is 5.76. The molecule has 1 atom stereocenters. The number of carbonyl (C=O) groups excluding carboxylic acids is 1. The molecule has 0 heterocycles. The van der Waals surface area contributed by atoms with Crippen molar-refractivity contribution in [3.63, 3.8) is 0 Å². The van der Waals surface area contributed by atoms with E-state index in [0.29, 0.717) is 5.69 Å². The van der Waals surface area contributed by atoms with Gasteiger partial charge < -0.3 is 16.0 Å². The van der Waals surface area contributed by atoms with E-state index in [9.17, 15) is 9.18 Å². The largest absolute Gasteiger partial charge is 0.339 e. The van der Waals surface area contributed by atoms with Gasteiger partial charge in [-0.25, -0.2) is 4.39 Å². The Kier molecular flexibility index (Phi) is 8.32. The molecule has 4 nitrogen and oxygen atoms in total. The molecule has 9 heteroatoms. The highest BCUT2D eigenvalue weighted by Gasteiger charge is 2.36. The summed E-state index contributed by atoms with van der Waals surface area (Å²) in [5.41, 5.74) is 2.10. The quantitative estimate of drug-likeness (QED) is 0.224. The topological polar surface area (TPSA) is 53.2 Å². The molecule has 0 radical (unpaired) electrons. The van der Waals surface area contributed by atoms with Crippen LogP contribution in [0, 0.1) is 5.82 Å². The minimum absolute atomic E-state index is 0.0872. The monoisotopic (exact) mass is 509 g/mol. The number of thiocarbonyl (C=S) groups is 1. The molecule has 3 aromatic rings. The Balaban J connectivity index is 1.79. The van der Waals surface area contributed by atoms with E-state index in [2.05, 4.69) is 16.0 Å². The minimum atomic E-state index is -1.91. The summed E-state index contributed by atoms with van der Waals surface area (Å²) in [6.45, 7) is 0. The summed E-state index contributed by atoms with van der Waals surface area (Å²) in [5.74, 6) is -1.39. The van der Waals surface area contributed by atoms with E-state index < -0.39 is 15.9 Å². The minimum Gasteiger partial charge on any atom is -0.339 e. The molecule has 0 aliphatic heterocycles. The summed E-state index contributed by atoms with van der Waals surface area (Å²) in [6.07, 6.45) is -1.14. The van der Waals surface area contributed by atoms with Gasteiger partial charge in [-0.2, -0.15) is 0 Å². The highest BCUT2D eigenvalue weighted by molar-refractivity contribution is 7.80. The predicted molar refractivity (Wildman–Crippen MR) is 133 cm³/mol. The van der Waals surface area contributed by atoms with E-state index >= 15 is 0 Å². The molecule has 166 valence electrons. The Labute approximate surface area is 206 Å². The van der Waals surface area contributed by atoms with Crippen molar-refractivity contribution < 1.29 is 9.18 Å². The molecule has 3 N–H and O–H groups in total. The van der Waals surface area contributed by atoms with Crippen LogP contribution in [0.5, 0.6) is 0 Å². The normalized spacial score (nSPS) is 12.2. The number of hydrogen-bond donors (Lipinski definition) is 3. The van der Waals surface area contributed by atoms with Gasteiger partial charge in [-0.3, -0.25) is 4.79 Å². The standard InChI is InChI=1S/C23H19Cl3FN3OS/c24-23(25,26)21(30-22(32)28-18-13-11-17(27)12-14-18)29-20(31)19(15-7-3-1-4-8-15)16-9-5-2-6-10-16/h1-14,19,21H,(H,29,31)(H2,28,30,32). The average molecular weight is 511 g/mol. The highest BCUT2D eigenvalue weighted by atomic mass is 35.6. The Bertz CT molecular complexity index is 1010. The Morgan fingerprint density at radius 1 is 0.812 bits per heavy atom. The van der Waals surface area contributed by atoms with Crippen molar-refractivity contribution in [3.8, 4) is 0 Å². The lowest BCUT2D eigenvalue weighted by Crippen LogP contribution is -2.57. The van der Waals surface area contributed by atoms with Crippen LogP contribution in [0.25, 0.3) is 0 Å².